The molecule has 1 aromatic carbocycles. The van der Waals surface area contributed by atoms with Crippen LogP contribution < -0.4 is 9.26 Å². The third-order valence-electron chi connectivity index (χ3n) is 3.83. The van der Waals surface area contributed by atoms with Gasteiger partial charge in [0.15, 0.2) is 23.0 Å². The Bertz CT molecular complexity index is 863. The van der Waals surface area contributed by atoms with Gasteiger partial charge in [0, 0.05) is 7.11 Å². The first-order chi connectivity index (χ1) is 13.3. The highest BCUT2D eigenvalue weighted by molar-refractivity contribution is 7.46. The molecule has 8 nitrogen and oxygen atoms in total. The molecule has 0 fully saturated rings. The van der Waals surface area contributed by atoms with Gasteiger partial charge in [-0.25, -0.2) is 4.57 Å². The maximum Gasteiger partial charge on any atom is 0.524 e. The SMILES string of the molecule is COC1=C(OC)C(OC)C=CC(/C=C\c2ccc(OC)c(OP(=O)(O)O)c2)=C1. The first-order valence-electron chi connectivity index (χ1n) is 8.17. The number of methoxy groups -OCH3 is 4. The quantitative estimate of drug-likeness (QED) is 0.630. The maximum atomic E-state index is 11.1. The van der Waals surface area contributed by atoms with Crippen LogP contribution in [0.5, 0.6) is 11.5 Å². The lowest BCUT2D eigenvalue weighted by Gasteiger charge is -2.15. The van der Waals surface area contributed by atoms with E-state index < -0.39 is 7.82 Å². The summed E-state index contributed by atoms with van der Waals surface area (Å²) >= 11 is 0. The second-order valence-electron chi connectivity index (χ2n) is 5.62. The van der Waals surface area contributed by atoms with E-state index >= 15 is 0 Å². The number of phosphoric ester groups is 1. The lowest BCUT2D eigenvalue weighted by molar-refractivity contribution is 0.0978. The van der Waals surface area contributed by atoms with Crippen LogP contribution in [0, 0.1) is 0 Å². The summed E-state index contributed by atoms with van der Waals surface area (Å²) in [5.74, 6) is 1.24. The highest BCUT2D eigenvalue weighted by Gasteiger charge is 2.20. The average Bonchev–Trinajstić information content (AvgIpc) is 2.83. The lowest BCUT2D eigenvalue weighted by Crippen LogP contribution is -2.14. The van der Waals surface area contributed by atoms with Crippen molar-refractivity contribution < 1.29 is 37.8 Å². The van der Waals surface area contributed by atoms with Crippen LogP contribution in [0.2, 0.25) is 0 Å². The van der Waals surface area contributed by atoms with Crippen LogP contribution in [0.4, 0.5) is 0 Å². The summed E-state index contributed by atoms with van der Waals surface area (Å²) in [6, 6.07) is 4.77. The Morgan fingerprint density at radius 1 is 1.00 bits per heavy atom. The second kappa shape index (κ2) is 9.61. The maximum absolute atomic E-state index is 11.1. The predicted octanol–water partition coefficient (Wildman–Crippen LogP) is 3.20. The molecular weight excluding hydrogens is 387 g/mol. The second-order valence-corrected chi connectivity index (χ2v) is 6.79. The molecule has 0 radical (unpaired) electrons. The summed E-state index contributed by atoms with van der Waals surface area (Å²) in [7, 11) is 1.33. The monoisotopic (exact) mass is 410 g/mol. The number of hydrogen-bond donors (Lipinski definition) is 2. The fourth-order valence-corrected chi connectivity index (χ4v) is 2.95. The minimum absolute atomic E-state index is 0.0537. The van der Waals surface area contributed by atoms with Crippen molar-refractivity contribution in [3.05, 3.63) is 65.2 Å². The average molecular weight is 410 g/mol. The molecule has 0 heterocycles. The Balaban J connectivity index is 2.34. The molecule has 0 bridgehead atoms. The van der Waals surface area contributed by atoms with Crippen molar-refractivity contribution in [3.8, 4) is 11.5 Å². The van der Waals surface area contributed by atoms with Crippen LogP contribution in [0.3, 0.4) is 0 Å². The van der Waals surface area contributed by atoms with Crippen molar-refractivity contribution in [2.45, 2.75) is 6.10 Å². The van der Waals surface area contributed by atoms with Crippen molar-refractivity contribution in [1.29, 1.82) is 0 Å². The van der Waals surface area contributed by atoms with Crippen molar-refractivity contribution in [3.63, 3.8) is 0 Å². The van der Waals surface area contributed by atoms with Gasteiger partial charge in [0.1, 0.15) is 6.10 Å². The summed E-state index contributed by atoms with van der Waals surface area (Å²) in [5.41, 5.74) is 1.46. The molecule has 0 saturated carbocycles. The number of ether oxygens (including phenoxy) is 4. The van der Waals surface area contributed by atoms with Crippen molar-refractivity contribution >= 4 is 13.9 Å². The molecular formula is C19H23O8P. The number of rotatable bonds is 8. The molecule has 152 valence electrons. The Labute approximate surface area is 163 Å². The zero-order valence-electron chi connectivity index (χ0n) is 16.0. The van der Waals surface area contributed by atoms with E-state index in [0.717, 1.165) is 5.57 Å². The van der Waals surface area contributed by atoms with Gasteiger partial charge in [-0.1, -0.05) is 24.3 Å². The molecule has 0 saturated heterocycles. The smallest absolute Gasteiger partial charge is 0.494 e. The van der Waals surface area contributed by atoms with Crippen LogP contribution in [-0.2, 0) is 18.8 Å². The van der Waals surface area contributed by atoms with E-state index in [1.165, 1.54) is 13.2 Å². The lowest BCUT2D eigenvalue weighted by atomic mass is 10.1. The van der Waals surface area contributed by atoms with Crippen LogP contribution in [-0.4, -0.2) is 44.3 Å². The summed E-state index contributed by atoms with van der Waals surface area (Å²) in [6.45, 7) is 0. The highest BCUT2D eigenvalue weighted by atomic mass is 31.2. The fraction of sp³-hybridized carbons (Fsp3) is 0.263. The van der Waals surface area contributed by atoms with E-state index in [0.29, 0.717) is 17.1 Å². The highest BCUT2D eigenvalue weighted by Crippen LogP contribution is 2.42. The summed E-state index contributed by atoms with van der Waals surface area (Å²) in [6.07, 6.45) is 8.66. The van der Waals surface area contributed by atoms with E-state index in [9.17, 15) is 4.57 Å². The third kappa shape index (κ3) is 5.74. The molecule has 28 heavy (non-hydrogen) atoms. The summed E-state index contributed by atoms with van der Waals surface area (Å²) in [4.78, 5) is 18.1. The van der Waals surface area contributed by atoms with Gasteiger partial charge in [0.25, 0.3) is 0 Å². The molecule has 1 atom stereocenters. The topological polar surface area (TPSA) is 104 Å². The van der Waals surface area contributed by atoms with Crippen LogP contribution >= 0.6 is 7.82 Å². The van der Waals surface area contributed by atoms with Gasteiger partial charge in [-0.2, -0.15) is 0 Å². The van der Waals surface area contributed by atoms with E-state index in [-0.39, 0.29) is 17.6 Å². The van der Waals surface area contributed by atoms with Crippen LogP contribution in [0.15, 0.2) is 59.6 Å². The number of benzene rings is 1. The molecule has 1 unspecified atom stereocenters. The molecule has 2 rings (SSSR count). The largest absolute Gasteiger partial charge is 0.524 e. The third-order valence-corrected chi connectivity index (χ3v) is 4.26. The van der Waals surface area contributed by atoms with E-state index in [1.54, 1.807) is 45.6 Å². The summed E-state index contributed by atoms with van der Waals surface area (Å²) in [5, 5.41) is 0. The van der Waals surface area contributed by atoms with Crippen molar-refractivity contribution in [1.82, 2.24) is 0 Å². The summed E-state index contributed by atoms with van der Waals surface area (Å²) < 4.78 is 37.1. The molecule has 1 aromatic rings. The van der Waals surface area contributed by atoms with Crippen molar-refractivity contribution in [2.75, 3.05) is 28.4 Å². The Morgan fingerprint density at radius 2 is 1.75 bits per heavy atom. The molecule has 1 aliphatic rings. The van der Waals surface area contributed by atoms with E-state index in [1.807, 2.05) is 18.2 Å². The minimum atomic E-state index is -4.71. The molecule has 1 aliphatic carbocycles. The fourth-order valence-electron chi connectivity index (χ4n) is 2.55. The minimum Gasteiger partial charge on any atom is -0.494 e. The predicted molar refractivity (Wildman–Crippen MR) is 104 cm³/mol. The van der Waals surface area contributed by atoms with Gasteiger partial charge >= 0.3 is 7.82 Å². The molecule has 9 heteroatoms. The van der Waals surface area contributed by atoms with E-state index in [2.05, 4.69) is 4.52 Å². The van der Waals surface area contributed by atoms with Crippen LogP contribution in [0.25, 0.3) is 6.08 Å². The molecule has 0 spiro atoms. The van der Waals surface area contributed by atoms with Gasteiger partial charge < -0.3 is 23.5 Å². The zero-order valence-corrected chi connectivity index (χ0v) is 16.9. The Morgan fingerprint density at radius 3 is 2.32 bits per heavy atom. The van der Waals surface area contributed by atoms with Gasteiger partial charge in [0.05, 0.1) is 21.3 Å². The zero-order chi connectivity index (χ0) is 20.7. The molecule has 0 amide bonds. The van der Waals surface area contributed by atoms with Crippen LogP contribution in [0.1, 0.15) is 5.56 Å². The first-order valence-corrected chi connectivity index (χ1v) is 9.70. The van der Waals surface area contributed by atoms with E-state index in [4.69, 9.17) is 28.7 Å². The Hall–Kier alpha value is -2.51. The number of allylic oxidation sites excluding steroid dienone is 4. The van der Waals surface area contributed by atoms with Gasteiger partial charge in [-0.05, 0) is 35.4 Å². The standard InChI is InChI=1S/C19H23O8P/c1-23-15-9-7-13(11-17(15)27-28(20,21)22)5-6-14-8-10-16(24-2)19(26-4)18(12-14)25-3/h5-12,16H,1-4H3,(H2,20,21,22)/b6-5-. The molecule has 0 aliphatic heterocycles. The molecule has 2 N–H and O–H groups in total. The van der Waals surface area contributed by atoms with Crippen molar-refractivity contribution in [2.24, 2.45) is 0 Å². The van der Waals surface area contributed by atoms with Gasteiger partial charge in [-0.3, -0.25) is 9.79 Å². The molecule has 0 aromatic heterocycles. The first kappa shape index (κ1) is 21.8. The normalized spacial score (nSPS) is 17.4. The Kier molecular flexibility index (Phi) is 7.48. The van der Waals surface area contributed by atoms with Gasteiger partial charge in [-0.15, -0.1) is 0 Å². The van der Waals surface area contributed by atoms with Gasteiger partial charge in [0.2, 0.25) is 0 Å². The number of phosphoric acid groups is 1. The number of hydrogen-bond acceptors (Lipinski definition) is 6.